The van der Waals surface area contributed by atoms with Crippen LogP contribution in [0.15, 0.2) is 60.7 Å². The number of hydrogen-bond acceptors (Lipinski definition) is 6. The number of methoxy groups -OCH3 is 3. The molecule has 41 heavy (non-hydrogen) atoms. The van der Waals surface area contributed by atoms with Gasteiger partial charge in [-0.3, -0.25) is 14.4 Å². The average molecular weight is 580 g/mol. The van der Waals surface area contributed by atoms with Gasteiger partial charge in [-0.2, -0.15) is 0 Å². The number of nitrogens with zero attached hydrogens (tertiary/aromatic N) is 2. The minimum absolute atomic E-state index is 0.128. The van der Waals surface area contributed by atoms with Gasteiger partial charge >= 0.3 is 0 Å². The fourth-order valence-electron chi connectivity index (χ4n) is 4.79. The summed E-state index contributed by atoms with van der Waals surface area (Å²) in [5.41, 5.74) is 3.72. The number of rotatable bonds is 11. The Kier molecular flexibility index (Phi) is 9.73. The summed E-state index contributed by atoms with van der Waals surface area (Å²) in [5.74, 6) is 0.837. The second kappa shape index (κ2) is 13.4. The van der Waals surface area contributed by atoms with Gasteiger partial charge in [-0.05, 0) is 52.9 Å². The normalized spacial score (nSPS) is 15.1. The summed E-state index contributed by atoms with van der Waals surface area (Å²) in [6, 6.07) is 18.2. The standard InChI is InChI=1S/C31H34ClN3O6/c1-34-25(15-21-5-9-22(10-6-21)23-16-26(39-2)30(41-4)27(17-23)40-3)31(38)35(19-29(34)37)18-28(36)33-14-13-20-7-11-24(32)12-8-20/h5-12,16-17,25H,13-15,18-19H2,1-4H3,(H,33,36)/t25-/m0/s1. The number of ether oxygens (including phenoxy) is 3. The summed E-state index contributed by atoms with van der Waals surface area (Å²) >= 11 is 5.91. The molecule has 1 atom stereocenters. The van der Waals surface area contributed by atoms with Crippen molar-refractivity contribution >= 4 is 29.3 Å². The number of piperazine rings is 1. The van der Waals surface area contributed by atoms with E-state index in [4.69, 9.17) is 25.8 Å². The maximum Gasteiger partial charge on any atom is 0.246 e. The van der Waals surface area contributed by atoms with Gasteiger partial charge in [0.2, 0.25) is 23.5 Å². The van der Waals surface area contributed by atoms with Gasteiger partial charge in [0, 0.05) is 25.0 Å². The van der Waals surface area contributed by atoms with Crippen LogP contribution in [0.2, 0.25) is 5.02 Å². The largest absolute Gasteiger partial charge is 0.493 e. The Morgan fingerprint density at radius 1 is 0.902 bits per heavy atom. The molecular formula is C31H34ClN3O6. The van der Waals surface area contributed by atoms with E-state index in [1.165, 1.54) is 9.80 Å². The lowest BCUT2D eigenvalue weighted by molar-refractivity contribution is -0.155. The monoisotopic (exact) mass is 579 g/mol. The van der Waals surface area contributed by atoms with E-state index in [1.54, 1.807) is 40.5 Å². The summed E-state index contributed by atoms with van der Waals surface area (Å²) in [6.07, 6.45) is 0.957. The molecule has 1 fully saturated rings. The first kappa shape index (κ1) is 29.7. The van der Waals surface area contributed by atoms with E-state index >= 15 is 0 Å². The van der Waals surface area contributed by atoms with E-state index in [0.29, 0.717) is 41.7 Å². The number of likely N-dealkylation sites (N-methyl/N-ethyl adjacent to an activating group) is 1. The topological polar surface area (TPSA) is 97.4 Å². The van der Waals surface area contributed by atoms with Gasteiger partial charge in [0.25, 0.3) is 0 Å². The van der Waals surface area contributed by atoms with Gasteiger partial charge in [0.15, 0.2) is 11.5 Å². The van der Waals surface area contributed by atoms with Gasteiger partial charge in [0.1, 0.15) is 19.1 Å². The van der Waals surface area contributed by atoms with Crippen molar-refractivity contribution in [2.45, 2.75) is 18.9 Å². The number of nitrogens with one attached hydrogen (secondary N) is 1. The van der Waals surface area contributed by atoms with Crippen LogP contribution < -0.4 is 19.5 Å². The van der Waals surface area contributed by atoms with Gasteiger partial charge in [-0.1, -0.05) is 48.0 Å². The Morgan fingerprint density at radius 3 is 2.10 bits per heavy atom. The zero-order valence-corrected chi connectivity index (χ0v) is 24.4. The highest BCUT2D eigenvalue weighted by molar-refractivity contribution is 6.30. The Balaban J connectivity index is 1.40. The lowest BCUT2D eigenvalue weighted by Gasteiger charge is -2.38. The van der Waals surface area contributed by atoms with E-state index in [-0.39, 0.29) is 30.8 Å². The van der Waals surface area contributed by atoms with Crippen molar-refractivity contribution in [3.63, 3.8) is 0 Å². The Hall–Kier alpha value is -4.24. The van der Waals surface area contributed by atoms with Crippen LogP contribution in [-0.2, 0) is 27.2 Å². The summed E-state index contributed by atoms with van der Waals surface area (Å²) in [7, 11) is 6.31. The molecule has 3 amide bonds. The van der Waals surface area contributed by atoms with E-state index in [9.17, 15) is 14.4 Å². The molecule has 1 N–H and O–H groups in total. The van der Waals surface area contributed by atoms with Gasteiger partial charge in [0.05, 0.1) is 21.3 Å². The molecular weight excluding hydrogens is 546 g/mol. The Labute approximate surface area is 244 Å². The molecule has 9 nitrogen and oxygen atoms in total. The highest BCUT2D eigenvalue weighted by atomic mass is 35.5. The quantitative estimate of drug-likeness (QED) is 0.373. The van der Waals surface area contributed by atoms with Crippen molar-refractivity contribution in [2.24, 2.45) is 0 Å². The first-order valence-electron chi connectivity index (χ1n) is 13.2. The van der Waals surface area contributed by atoms with Gasteiger partial charge in [-0.25, -0.2) is 0 Å². The number of carbonyl (C=O) groups excluding carboxylic acids is 3. The van der Waals surface area contributed by atoms with Crippen LogP contribution in [0.1, 0.15) is 11.1 Å². The molecule has 4 rings (SSSR count). The fourth-order valence-corrected chi connectivity index (χ4v) is 4.92. The number of amides is 3. The van der Waals surface area contributed by atoms with Gasteiger partial charge < -0.3 is 29.3 Å². The maximum absolute atomic E-state index is 13.3. The highest BCUT2D eigenvalue weighted by Crippen LogP contribution is 2.41. The third-order valence-corrected chi connectivity index (χ3v) is 7.40. The fraction of sp³-hybridized carbons (Fsp3) is 0.323. The van der Waals surface area contributed by atoms with E-state index in [1.807, 2.05) is 48.5 Å². The Bertz CT molecular complexity index is 1370. The van der Waals surface area contributed by atoms with Gasteiger partial charge in [-0.15, -0.1) is 0 Å². The van der Waals surface area contributed by atoms with Crippen LogP contribution in [-0.4, -0.2) is 81.6 Å². The third-order valence-electron chi connectivity index (χ3n) is 7.15. The van der Waals surface area contributed by atoms with E-state index in [0.717, 1.165) is 22.3 Å². The molecule has 1 aliphatic rings. The van der Waals surface area contributed by atoms with Crippen molar-refractivity contribution in [3.05, 3.63) is 76.8 Å². The molecule has 0 saturated carbocycles. The molecule has 0 radical (unpaired) electrons. The van der Waals surface area contributed by atoms with E-state index < -0.39 is 6.04 Å². The first-order valence-corrected chi connectivity index (χ1v) is 13.6. The van der Waals surface area contributed by atoms with Crippen molar-refractivity contribution in [3.8, 4) is 28.4 Å². The summed E-state index contributed by atoms with van der Waals surface area (Å²) < 4.78 is 16.3. The minimum atomic E-state index is -0.704. The van der Waals surface area contributed by atoms with E-state index in [2.05, 4.69) is 5.32 Å². The second-order valence-electron chi connectivity index (χ2n) is 9.76. The average Bonchev–Trinajstić information content (AvgIpc) is 2.98. The zero-order chi connectivity index (χ0) is 29.5. The number of benzene rings is 3. The van der Waals surface area contributed by atoms with Crippen LogP contribution in [0.25, 0.3) is 11.1 Å². The molecule has 3 aromatic rings. The lowest BCUT2D eigenvalue weighted by atomic mass is 9.98. The van der Waals surface area contributed by atoms with Crippen molar-refractivity contribution in [1.29, 1.82) is 0 Å². The lowest BCUT2D eigenvalue weighted by Crippen LogP contribution is -2.60. The molecule has 1 saturated heterocycles. The molecule has 0 aliphatic carbocycles. The number of hydrogen-bond donors (Lipinski definition) is 1. The first-order chi connectivity index (χ1) is 19.7. The molecule has 1 heterocycles. The van der Waals surface area contributed by atoms with Crippen LogP contribution >= 0.6 is 11.6 Å². The Morgan fingerprint density at radius 2 is 1.51 bits per heavy atom. The predicted molar refractivity (Wildman–Crippen MR) is 157 cm³/mol. The van der Waals surface area contributed by atoms with Crippen molar-refractivity contribution in [1.82, 2.24) is 15.1 Å². The molecule has 1 aliphatic heterocycles. The number of carbonyl (C=O) groups is 3. The maximum atomic E-state index is 13.3. The third kappa shape index (κ3) is 7.10. The number of halogens is 1. The molecule has 10 heteroatoms. The molecule has 0 unspecified atom stereocenters. The predicted octanol–water partition coefficient (Wildman–Crippen LogP) is 3.60. The summed E-state index contributed by atoms with van der Waals surface area (Å²) in [6.45, 7) is 0.115. The van der Waals surface area contributed by atoms with Crippen LogP contribution in [0, 0.1) is 0 Å². The van der Waals surface area contributed by atoms with Crippen LogP contribution in [0.4, 0.5) is 0 Å². The second-order valence-corrected chi connectivity index (χ2v) is 10.2. The van der Waals surface area contributed by atoms with Crippen molar-refractivity contribution in [2.75, 3.05) is 48.0 Å². The highest BCUT2D eigenvalue weighted by Gasteiger charge is 2.37. The molecule has 0 spiro atoms. The molecule has 0 bridgehead atoms. The van der Waals surface area contributed by atoms with Crippen LogP contribution in [0.3, 0.4) is 0 Å². The molecule has 3 aromatic carbocycles. The molecule has 0 aromatic heterocycles. The minimum Gasteiger partial charge on any atom is -0.493 e. The molecule has 216 valence electrons. The van der Waals surface area contributed by atoms with Crippen LogP contribution in [0.5, 0.6) is 17.2 Å². The summed E-state index contributed by atoms with van der Waals surface area (Å²) in [4.78, 5) is 41.4. The summed E-state index contributed by atoms with van der Waals surface area (Å²) in [5, 5.41) is 3.49. The van der Waals surface area contributed by atoms with Crippen molar-refractivity contribution < 1.29 is 28.6 Å². The SMILES string of the molecule is COc1cc(-c2ccc(C[C@H]3C(=O)N(CC(=O)NCCc4ccc(Cl)cc4)CC(=O)N3C)cc2)cc(OC)c1OC. The smallest absolute Gasteiger partial charge is 0.246 e. The zero-order valence-electron chi connectivity index (χ0n) is 23.6.